The maximum absolute atomic E-state index is 11.0. The van der Waals surface area contributed by atoms with Crippen LogP contribution in [0.2, 0.25) is 0 Å². The minimum atomic E-state index is -0.0125. The van der Waals surface area contributed by atoms with Gasteiger partial charge in [-0.05, 0) is 18.2 Å². The van der Waals surface area contributed by atoms with Gasteiger partial charge >= 0.3 is 0 Å². The Hall–Kier alpha value is -2.36. The monoisotopic (exact) mass is 419 g/mol. The molecule has 0 aliphatic carbocycles. The largest absolute Gasteiger partial charge is 0.493 e. The van der Waals surface area contributed by atoms with Crippen LogP contribution in [-0.4, -0.2) is 67.2 Å². The number of methoxy groups -OCH3 is 2. The second-order valence-electron chi connectivity index (χ2n) is 7.53. The summed E-state index contributed by atoms with van der Waals surface area (Å²) in [6.45, 7) is 6.26. The van der Waals surface area contributed by atoms with Crippen LogP contribution in [0.25, 0.3) is 4.96 Å². The van der Waals surface area contributed by atoms with E-state index in [1.165, 1.54) is 16.2 Å². The number of nitrogens with zero attached hydrogens (tertiary/aromatic N) is 3. The number of hydrogen-bond donors (Lipinski definition) is 3. The second kappa shape index (κ2) is 8.17. The van der Waals surface area contributed by atoms with Gasteiger partial charge < -0.3 is 24.4 Å². The van der Waals surface area contributed by atoms with Crippen LogP contribution in [0.5, 0.6) is 17.4 Å². The second-order valence-corrected chi connectivity index (χ2v) is 8.54. The fourth-order valence-corrected chi connectivity index (χ4v) is 5.18. The number of rotatable bonds is 6. The van der Waals surface area contributed by atoms with E-state index in [9.17, 15) is 5.11 Å². The number of thiazole rings is 1. The van der Waals surface area contributed by atoms with Crippen molar-refractivity contribution in [3.8, 4) is 17.4 Å². The lowest BCUT2D eigenvalue weighted by molar-refractivity contribution is -1.02. The average molecular weight is 420 g/mol. The molecule has 156 valence electrons. The van der Waals surface area contributed by atoms with E-state index in [2.05, 4.69) is 23.2 Å². The fraction of sp³-hybridized carbons (Fsp3) is 0.500. The van der Waals surface area contributed by atoms with Crippen molar-refractivity contribution in [2.45, 2.75) is 19.4 Å². The van der Waals surface area contributed by atoms with Crippen molar-refractivity contribution in [1.29, 1.82) is 0 Å². The van der Waals surface area contributed by atoms with Gasteiger partial charge in [-0.2, -0.15) is 4.52 Å². The van der Waals surface area contributed by atoms with Crippen molar-refractivity contribution in [2.24, 2.45) is 0 Å². The highest BCUT2D eigenvalue weighted by atomic mass is 32.1. The lowest BCUT2D eigenvalue weighted by Gasteiger charge is -2.33. The lowest BCUT2D eigenvalue weighted by atomic mass is 10.0. The fourth-order valence-electron chi connectivity index (χ4n) is 4.02. The summed E-state index contributed by atoms with van der Waals surface area (Å²) in [7, 11) is 5.52. The summed E-state index contributed by atoms with van der Waals surface area (Å²) in [5, 5.41) is 15.5. The molecule has 1 aromatic carbocycles. The number of ether oxygens (including phenoxy) is 2. The predicted octanol–water partition coefficient (Wildman–Crippen LogP) is -0.421. The van der Waals surface area contributed by atoms with Crippen LogP contribution in [0.4, 0.5) is 0 Å². The Kier molecular flexibility index (Phi) is 5.62. The summed E-state index contributed by atoms with van der Waals surface area (Å²) in [5.74, 6) is 2.33. The minimum absolute atomic E-state index is 0.0125. The highest BCUT2D eigenvalue weighted by Gasteiger charge is 2.36. The first-order valence-electron chi connectivity index (χ1n) is 10.0. The Bertz CT molecular complexity index is 994. The topological polar surface area (TPSA) is 77.8 Å². The molecular weight excluding hydrogens is 390 g/mol. The maximum atomic E-state index is 11.0. The van der Waals surface area contributed by atoms with E-state index in [0.717, 1.165) is 53.8 Å². The van der Waals surface area contributed by atoms with Crippen LogP contribution in [0.1, 0.15) is 29.2 Å². The average Bonchev–Trinajstić information content (AvgIpc) is 3.28. The summed E-state index contributed by atoms with van der Waals surface area (Å²) in [6, 6.07) is 6.01. The molecule has 1 aliphatic heterocycles. The number of aryl methyl sites for hydroxylation is 1. The number of aromatic nitrogens is 3. The molecule has 2 aromatic heterocycles. The van der Waals surface area contributed by atoms with E-state index >= 15 is 0 Å². The molecule has 3 heterocycles. The molecule has 0 radical (unpaired) electrons. The number of likely N-dealkylation sites (N-methyl/N-ethyl adjacent to an activating group) is 1. The smallest absolute Gasteiger partial charge is 0.235 e. The zero-order chi connectivity index (χ0) is 20.5. The normalized spacial score (nSPS) is 20.7. The van der Waals surface area contributed by atoms with E-state index in [1.54, 1.807) is 23.6 Å². The number of nitrogens with one attached hydrogen (secondary N) is 2. The Labute approximate surface area is 174 Å². The highest BCUT2D eigenvalue weighted by molar-refractivity contribution is 7.17. The van der Waals surface area contributed by atoms with Crippen LogP contribution >= 0.6 is 11.3 Å². The van der Waals surface area contributed by atoms with Crippen molar-refractivity contribution >= 4 is 16.3 Å². The van der Waals surface area contributed by atoms with Crippen LogP contribution < -0.4 is 19.3 Å². The van der Waals surface area contributed by atoms with Gasteiger partial charge in [-0.25, -0.2) is 4.98 Å². The van der Waals surface area contributed by atoms with Crippen LogP contribution in [0, 0.1) is 0 Å². The Morgan fingerprint density at radius 2 is 1.90 bits per heavy atom. The molecular formula is C20H29N5O3S+2. The van der Waals surface area contributed by atoms with E-state index in [4.69, 9.17) is 9.47 Å². The number of fused-ring (bicyclic) bond motifs is 1. The molecule has 1 atom stereocenters. The summed E-state index contributed by atoms with van der Waals surface area (Å²) >= 11 is 1.52. The van der Waals surface area contributed by atoms with Gasteiger partial charge in [-0.1, -0.05) is 18.3 Å². The quantitative estimate of drug-likeness (QED) is 0.506. The van der Waals surface area contributed by atoms with Crippen LogP contribution in [0.3, 0.4) is 0 Å². The Morgan fingerprint density at radius 3 is 2.52 bits per heavy atom. The molecule has 9 heteroatoms. The Balaban J connectivity index is 1.81. The predicted molar refractivity (Wildman–Crippen MR) is 111 cm³/mol. The molecule has 0 unspecified atom stereocenters. The summed E-state index contributed by atoms with van der Waals surface area (Å²) < 4.78 is 12.5. The third-order valence-corrected chi connectivity index (χ3v) is 6.80. The zero-order valence-electron chi connectivity index (χ0n) is 17.4. The molecule has 3 aromatic rings. The van der Waals surface area contributed by atoms with Crippen molar-refractivity contribution in [2.75, 3.05) is 47.4 Å². The standard InChI is InChI=1S/C20H27N5O3S/c1-5-16-21-20-25(22-16)19(26)18(29-20)17(24-10-8-23(2)9-11-24)13-6-7-14(27-3)15(12-13)28-4/h6-7,12,17,26H,5,8-11H2,1-4H3/p+2/t17-/m1/s1. The van der Waals surface area contributed by atoms with E-state index in [-0.39, 0.29) is 11.9 Å². The highest BCUT2D eigenvalue weighted by Crippen LogP contribution is 2.37. The number of aromatic hydroxyl groups is 1. The molecule has 1 saturated heterocycles. The number of hydrogen-bond acceptors (Lipinski definition) is 6. The third-order valence-electron chi connectivity index (χ3n) is 5.72. The molecule has 0 bridgehead atoms. The maximum Gasteiger partial charge on any atom is 0.235 e. The van der Waals surface area contributed by atoms with E-state index in [1.807, 2.05) is 19.1 Å². The Morgan fingerprint density at radius 1 is 1.17 bits per heavy atom. The molecule has 8 nitrogen and oxygen atoms in total. The van der Waals surface area contributed by atoms with Crippen molar-refractivity contribution < 1.29 is 24.4 Å². The first-order chi connectivity index (χ1) is 14.0. The van der Waals surface area contributed by atoms with Crippen molar-refractivity contribution in [1.82, 2.24) is 14.6 Å². The van der Waals surface area contributed by atoms with Gasteiger partial charge in [0.1, 0.15) is 31.1 Å². The van der Waals surface area contributed by atoms with E-state index in [0.29, 0.717) is 11.5 Å². The summed E-state index contributed by atoms with van der Waals surface area (Å²) in [5.41, 5.74) is 1.09. The van der Waals surface area contributed by atoms with Gasteiger partial charge in [0.2, 0.25) is 10.8 Å². The molecule has 0 saturated carbocycles. The van der Waals surface area contributed by atoms with Gasteiger partial charge in [0.25, 0.3) is 0 Å². The zero-order valence-corrected chi connectivity index (χ0v) is 18.2. The van der Waals surface area contributed by atoms with Gasteiger partial charge in [0, 0.05) is 12.0 Å². The summed E-state index contributed by atoms with van der Waals surface area (Å²) in [6.07, 6.45) is 0.745. The SMILES string of the molecule is CCc1nc2sc([C@@H](c3ccc(OC)c(OC)c3)[NH+]3CC[NH+](C)CC3)c(O)n2n1. The van der Waals surface area contributed by atoms with Crippen LogP contribution in [0.15, 0.2) is 18.2 Å². The van der Waals surface area contributed by atoms with Crippen LogP contribution in [-0.2, 0) is 6.42 Å². The lowest BCUT2D eigenvalue weighted by Crippen LogP contribution is -3.27. The molecule has 0 spiro atoms. The van der Waals surface area contributed by atoms with Gasteiger partial charge in [-0.15, -0.1) is 5.10 Å². The molecule has 0 amide bonds. The molecule has 3 N–H and O–H groups in total. The molecule has 1 fully saturated rings. The van der Waals surface area contributed by atoms with E-state index < -0.39 is 0 Å². The van der Waals surface area contributed by atoms with Crippen molar-refractivity contribution in [3.05, 3.63) is 34.5 Å². The first-order valence-corrected chi connectivity index (χ1v) is 10.8. The van der Waals surface area contributed by atoms with Gasteiger partial charge in [0.05, 0.1) is 21.3 Å². The number of benzene rings is 1. The summed E-state index contributed by atoms with van der Waals surface area (Å²) in [4.78, 5) is 9.16. The number of piperazine rings is 1. The first kappa shape index (κ1) is 19.9. The van der Waals surface area contributed by atoms with Gasteiger partial charge in [-0.3, -0.25) is 0 Å². The molecule has 4 rings (SSSR count). The molecule has 1 aliphatic rings. The van der Waals surface area contributed by atoms with Gasteiger partial charge in [0.15, 0.2) is 23.4 Å². The minimum Gasteiger partial charge on any atom is -0.493 e. The third kappa shape index (κ3) is 3.65. The van der Waals surface area contributed by atoms with Crippen molar-refractivity contribution in [3.63, 3.8) is 0 Å². The number of quaternary nitrogens is 2. The molecule has 29 heavy (non-hydrogen) atoms.